The van der Waals surface area contributed by atoms with E-state index in [2.05, 4.69) is 15.2 Å². The van der Waals surface area contributed by atoms with Crippen molar-refractivity contribution in [2.45, 2.75) is 50.1 Å². The van der Waals surface area contributed by atoms with Crippen LogP contribution in [0.3, 0.4) is 0 Å². The summed E-state index contributed by atoms with van der Waals surface area (Å²) < 4.78 is 75.1. The molecule has 0 bridgehead atoms. The summed E-state index contributed by atoms with van der Waals surface area (Å²) in [6, 6.07) is 7.48. The number of amides is 1. The lowest BCUT2D eigenvalue weighted by Crippen LogP contribution is -2.46. The topological polar surface area (TPSA) is 80.5 Å². The minimum atomic E-state index is -4.71. The molecule has 0 radical (unpaired) electrons. The molecule has 2 fully saturated rings. The lowest BCUT2D eigenvalue weighted by molar-refractivity contribution is -0.141. The monoisotopic (exact) mass is 596 g/mol. The third-order valence-electron chi connectivity index (χ3n) is 8.00. The van der Waals surface area contributed by atoms with E-state index in [0.717, 1.165) is 32.1 Å². The standard InChI is InChI=1S/C29H30ClF5N4O2/c30-26-22(27(40)38-20-9-10-37-23(15-20)29(33,34)35)16-28(32,36)25(18-1-5-19(31)6-2-18)24(26)17-3-7-21(8-4-17)39-11-13-41-14-12-39/h1-2,5-6,9-10,15,17,21H,3-4,7-8,11-14,16,36H2,(H,37,38,40). The summed E-state index contributed by atoms with van der Waals surface area (Å²) in [6.45, 7) is 3.02. The highest BCUT2D eigenvalue weighted by molar-refractivity contribution is 6.36. The molecule has 1 aromatic carbocycles. The molecule has 12 heteroatoms. The number of hydrogen-bond donors (Lipinski definition) is 2. The first-order valence-corrected chi connectivity index (χ1v) is 13.9. The van der Waals surface area contributed by atoms with Gasteiger partial charge in [0.05, 0.1) is 18.2 Å². The van der Waals surface area contributed by atoms with Crippen molar-refractivity contribution >= 4 is 28.8 Å². The van der Waals surface area contributed by atoms with Gasteiger partial charge < -0.3 is 10.1 Å². The molecule has 2 heterocycles. The number of anilines is 1. The zero-order valence-electron chi connectivity index (χ0n) is 22.1. The Bertz CT molecular complexity index is 1350. The summed E-state index contributed by atoms with van der Waals surface area (Å²) in [4.78, 5) is 19.0. The number of alkyl halides is 4. The first-order valence-electron chi connectivity index (χ1n) is 13.5. The number of pyridine rings is 1. The van der Waals surface area contributed by atoms with Crippen LogP contribution in [0, 0.1) is 11.7 Å². The van der Waals surface area contributed by atoms with E-state index in [1.54, 1.807) is 0 Å². The zero-order valence-corrected chi connectivity index (χ0v) is 22.9. The third kappa shape index (κ3) is 6.48. The highest BCUT2D eigenvalue weighted by Crippen LogP contribution is 2.50. The highest BCUT2D eigenvalue weighted by Gasteiger charge is 2.44. The predicted octanol–water partition coefficient (Wildman–Crippen LogP) is 6.04. The summed E-state index contributed by atoms with van der Waals surface area (Å²) >= 11 is 6.88. The van der Waals surface area contributed by atoms with E-state index in [9.17, 15) is 22.4 Å². The number of nitrogens with one attached hydrogen (secondary N) is 1. The van der Waals surface area contributed by atoms with Crippen LogP contribution >= 0.6 is 11.6 Å². The van der Waals surface area contributed by atoms with Crippen LogP contribution in [0.5, 0.6) is 0 Å². The summed E-state index contributed by atoms with van der Waals surface area (Å²) in [5.41, 5.74) is 5.53. The molecule has 220 valence electrons. The normalized spacial score (nSPS) is 26.3. The van der Waals surface area contributed by atoms with Gasteiger partial charge >= 0.3 is 6.18 Å². The number of carbonyl (C=O) groups excluding carboxylic acids is 1. The molecule has 0 spiro atoms. The van der Waals surface area contributed by atoms with Gasteiger partial charge in [-0.3, -0.25) is 20.4 Å². The first kappa shape index (κ1) is 29.6. The lowest BCUT2D eigenvalue weighted by Gasteiger charge is -2.41. The van der Waals surface area contributed by atoms with E-state index in [0.29, 0.717) is 49.3 Å². The Morgan fingerprint density at radius 3 is 2.39 bits per heavy atom. The quantitative estimate of drug-likeness (QED) is 0.325. The largest absolute Gasteiger partial charge is 0.433 e. The van der Waals surface area contributed by atoms with Gasteiger partial charge in [-0.25, -0.2) is 8.78 Å². The van der Waals surface area contributed by atoms with Gasteiger partial charge in [0.25, 0.3) is 5.91 Å². The predicted molar refractivity (Wildman–Crippen MR) is 145 cm³/mol. The molecule has 5 rings (SSSR count). The number of ether oxygens (including phenoxy) is 1. The Balaban J connectivity index is 1.50. The molecule has 41 heavy (non-hydrogen) atoms. The minimum absolute atomic E-state index is 0.0143. The molecule has 2 aliphatic carbocycles. The van der Waals surface area contributed by atoms with Gasteiger partial charge in [0.15, 0.2) is 5.79 Å². The van der Waals surface area contributed by atoms with Crippen molar-refractivity contribution in [1.82, 2.24) is 9.88 Å². The fourth-order valence-corrected chi connectivity index (χ4v) is 6.44. The van der Waals surface area contributed by atoms with Gasteiger partial charge in [-0.2, -0.15) is 13.2 Å². The number of nitrogens with zero attached hydrogens (tertiary/aromatic N) is 2. The molecule has 1 unspecified atom stereocenters. The van der Waals surface area contributed by atoms with Gasteiger partial charge in [0.2, 0.25) is 0 Å². The Morgan fingerprint density at radius 2 is 1.76 bits per heavy atom. The number of hydrogen-bond acceptors (Lipinski definition) is 5. The van der Waals surface area contributed by atoms with Crippen molar-refractivity contribution in [2.24, 2.45) is 11.7 Å². The summed E-state index contributed by atoms with van der Waals surface area (Å²) in [5.74, 6) is -4.15. The van der Waals surface area contributed by atoms with Crippen molar-refractivity contribution < 1.29 is 31.5 Å². The molecule has 6 nitrogen and oxygen atoms in total. The van der Waals surface area contributed by atoms with Gasteiger partial charge in [0, 0.05) is 48.6 Å². The number of carbonyl (C=O) groups is 1. The SMILES string of the molecule is NC1(F)CC(C(=O)Nc2ccnc(C(F)(F)F)c2)=C(Cl)C(C2CCC(N3CCOCC3)CC2)=C1c1ccc(F)cc1. The lowest BCUT2D eigenvalue weighted by atomic mass is 9.72. The smallest absolute Gasteiger partial charge is 0.379 e. The van der Waals surface area contributed by atoms with Crippen LogP contribution in [0.2, 0.25) is 0 Å². The minimum Gasteiger partial charge on any atom is -0.379 e. The van der Waals surface area contributed by atoms with Crippen LogP contribution in [0.15, 0.2) is 58.8 Å². The van der Waals surface area contributed by atoms with Gasteiger partial charge in [-0.1, -0.05) is 23.7 Å². The van der Waals surface area contributed by atoms with Crippen LogP contribution < -0.4 is 11.1 Å². The van der Waals surface area contributed by atoms with Crippen LogP contribution in [0.25, 0.3) is 5.57 Å². The molecular formula is C29H30ClF5N4O2. The zero-order chi connectivity index (χ0) is 29.4. The number of aromatic nitrogens is 1. The fraction of sp³-hybridized carbons (Fsp3) is 0.448. The Labute approximate surface area is 239 Å². The summed E-state index contributed by atoms with van der Waals surface area (Å²) in [7, 11) is 0. The highest BCUT2D eigenvalue weighted by atomic mass is 35.5. The molecule has 1 aliphatic heterocycles. The number of rotatable bonds is 5. The average molecular weight is 597 g/mol. The number of halogens is 6. The van der Waals surface area contributed by atoms with E-state index in [1.165, 1.54) is 30.3 Å². The Kier molecular flexibility index (Phi) is 8.52. The van der Waals surface area contributed by atoms with E-state index in [1.807, 2.05) is 0 Å². The van der Waals surface area contributed by atoms with Crippen molar-refractivity contribution in [2.75, 3.05) is 31.6 Å². The van der Waals surface area contributed by atoms with Gasteiger partial charge in [-0.05, 0) is 67.0 Å². The van der Waals surface area contributed by atoms with E-state index < -0.39 is 35.8 Å². The fourth-order valence-electron chi connectivity index (χ4n) is 6.04. The van der Waals surface area contributed by atoms with Crippen LogP contribution in [-0.4, -0.2) is 53.9 Å². The molecule has 1 aromatic heterocycles. The molecule has 2 aromatic rings. The summed E-state index contributed by atoms with van der Waals surface area (Å²) in [5, 5.41) is 2.41. The van der Waals surface area contributed by atoms with Crippen LogP contribution in [0.1, 0.15) is 43.4 Å². The van der Waals surface area contributed by atoms with E-state index >= 15 is 4.39 Å². The number of benzene rings is 1. The second-order valence-electron chi connectivity index (χ2n) is 10.7. The number of morpholine rings is 1. The van der Waals surface area contributed by atoms with Crippen LogP contribution in [-0.2, 0) is 15.7 Å². The van der Waals surface area contributed by atoms with E-state index in [-0.39, 0.29) is 27.8 Å². The van der Waals surface area contributed by atoms with E-state index in [4.69, 9.17) is 22.1 Å². The van der Waals surface area contributed by atoms with Crippen molar-refractivity contribution in [3.8, 4) is 0 Å². The summed E-state index contributed by atoms with van der Waals surface area (Å²) in [6.07, 6.45) is -1.47. The number of allylic oxidation sites excluding steroid dienone is 2. The number of nitrogens with two attached hydrogens (primary N) is 1. The molecule has 3 aliphatic rings. The molecular weight excluding hydrogens is 567 g/mol. The first-order chi connectivity index (χ1) is 19.4. The Hall–Kier alpha value is -2.86. The van der Waals surface area contributed by atoms with Gasteiger partial charge in [-0.15, -0.1) is 0 Å². The second kappa shape index (κ2) is 11.8. The van der Waals surface area contributed by atoms with Crippen molar-refractivity contribution in [3.05, 3.63) is 75.8 Å². The maximum Gasteiger partial charge on any atom is 0.433 e. The molecule has 3 N–H and O–H groups in total. The maximum atomic E-state index is 16.4. The average Bonchev–Trinajstić information content (AvgIpc) is 2.95. The van der Waals surface area contributed by atoms with Crippen molar-refractivity contribution in [1.29, 1.82) is 0 Å². The molecule has 1 saturated heterocycles. The Morgan fingerprint density at radius 1 is 1.10 bits per heavy atom. The second-order valence-corrected chi connectivity index (χ2v) is 11.0. The molecule has 1 amide bonds. The third-order valence-corrected chi connectivity index (χ3v) is 8.43. The maximum absolute atomic E-state index is 16.4. The molecule has 1 atom stereocenters. The van der Waals surface area contributed by atoms with Crippen molar-refractivity contribution in [3.63, 3.8) is 0 Å². The van der Waals surface area contributed by atoms with Crippen LogP contribution in [0.4, 0.5) is 27.6 Å². The molecule has 1 saturated carbocycles. The van der Waals surface area contributed by atoms with Gasteiger partial charge in [0.1, 0.15) is 11.5 Å².